The molecule has 0 aliphatic carbocycles. The van der Waals surface area contributed by atoms with Gasteiger partial charge in [-0.15, -0.1) is 0 Å². The Kier molecular flexibility index (Phi) is 6.40. The normalized spacial score (nSPS) is 14.3. The molecule has 1 aromatic heterocycles. The van der Waals surface area contributed by atoms with E-state index in [1.807, 2.05) is 43.3 Å². The Labute approximate surface area is 181 Å². The lowest BCUT2D eigenvalue weighted by atomic mass is 9.95. The van der Waals surface area contributed by atoms with Gasteiger partial charge in [-0.3, -0.25) is 4.79 Å². The molecule has 0 unspecified atom stereocenters. The van der Waals surface area contributed by atoms with E-state index in [2.05, 4.69) is 20.2 Å². The summed E-state index contributed by atoms with van der Waals surface area (Å²) in [5.74, 6) is 1.27. The van der Waals surface area contributed by atoms with Gasteiger partial charge >= 0.3 is 0 Å². The van der Waals surface area contributed by atoms with Crippen molar-refractivity contribution < 1.29 is 13.9 Å². The van der Waals surface area contributed by atoms with Crippen molar-refractivity contribution in [2.75, 3.05) is 29.9 Å². The molecule has 1 fully saturated rings. The molecule has 4 rings (SSSR count). The summed E-state index contributed by atoms with van der Waals surface area (Å²) in [6.45, 7) is 3.99. The molecule has 0 saturated carbocycles. The van der Waals surface area contributed by atoms with Gasteiger partial charge < -0.3 is 15.0 Å². The van der Waals surface area contributed by atoms with E-state index in [1.165, 1.54) is 18.5 Å². The van der Waals surface area contributed by atoms with Crippen LogP contribution in [0.2, 0.25) is 0 Å². The van der Waals surface area contributed by atoms with Crippen molar-refractivity contribution in [2.24, 2.45) is 5.92 Å². The van der Waals surface area contributed by atoms with Crippen molar-refractivity contribution in [1.82, 2.24) is 9.97 Å². The molecule has 2 heterocycles. The number of carbonyl (C=O) groups is 1. The number of anilines is 2. The van der Waals surface area contributed by atoms with Gasteiger partial charge in [-0.05, 0) is 56.2 Å². The van der Waals surface area contributed by atoms with E-state index in [0.29, 0.717) is 17.9 Å². The molecule has 6 nitrogen and oxygen atoms in total. The Hall–Kier alpha value is -3.48. The quantitative estimate of drug-likeness (QED) is 0.634. The second kappa shape index (κ2) is 9.55. The average molecular weight is 420 g/mol. The summed E-state index contributed by atoms with van der Waals surface area (Å²) < 4.78 is 19.0. The molecule has 0 atom stereocenters. The van der Waals surface area contributed by atoms with Crippen LogP contribution in [0.5, 0.6) is 5.75 Å². The van der Waals surface area contributed by atoms with Crippen LogP contribution in [0.25, 0.3) is 11.3 Å². The average Bonchev–Trinajstić information content (AvgIpc) is 2.81. The number of aromatic nitrogens is 2. The van der Waals surface area contributed by atoms with E-state index in [9.17, 15) is 9.18 Å². The maximum Gasteiger partial charge on any atom is 0.227 e. The molecule has 1 amide bonds. The first-order chi connectivity index (χ1) is 15.1. The molecule has 31 heavy (non-hydrogen) atoms. The molecular weight excluding hydrogens is 395 g/mol. The van der Waals surface area contributed by atoms with Crippen molar-refractivity contribution in [3.8, 4) is 17.0 Å². The zero-order valence-electron chi connectivity index (χ0n) is 17.4. The summed E-state index contributed by atoms with van der Waals surface area (Å²) in [7, 11) is 0. The maximum absolute atomic E-state index is 13.5. The molecule has 7 heteroatoms. The predicted molar refractivity (Wildman–Crippen MR) is 119 cm³/mol. The number of hydrogen-bond donors (Lipinski definition) is 1. The molecule has 2 aromatic carbocycles. The van der Waals surface area contributed by atoms with Gasteiger partial charge in [0.2, 0.25) is 5.91 Å². The largest absolute Gasteiger partial charge is 0.494 e. The second-order valence-corrected chi connectivity index (χ2v) is 7.48. The fraction of sp³-hybridized carbons (Fsp3) is 0.292. The minimum absolute atomic E-state index is 0.0342. The third kappa shape index (κ3) is 5.17. The van der Waals surface area contributed by atoms with Crippen LogP contribution in [0, 0.1) is 11.7 Å². The molecule has 0 bridgehead atoms. The fourth-order valence-corrected chi connectivity index (χ4v) is 3.74. The van der Waals surface area contributed by atoms with Crippen LogP contribution < -0.4 is 15.0 Å². The first kappa shape index (κ1) is 20.8. The highest BCUT2D eigenvalue weighted by atomic mass is 19.1. The van der Waals surface area contributed by atoms with Gasteiger partial charge in [0.05, 0.1) is 12.3 Å². The summed E-state index contributed by atoms with van der Waals surface area (Å²) in [6.07, 6.45) is 2.98. The maximum atomic E-state index is 13.5. The molecular formula is C24H25FN4O2. The Morgan fingerprint density at radius 2 is 1.90 bits per heavy atom. The number of rotatable bonds is 6. The van der Waals surface area contributed by atoms with Crippen molar-refractivity contribution >= 4 is 17.4 Å². The van der Waals surface area contributed by atoms with Gasteiger partial charge in [0.1, 0.15) is 23.7 Å². The fourth-order valence-electron chi connectivity index (χ4n) is 3.74. The van der Waals surface area contributed by atoms with Crippen LogP contribution in [-0.2, 0) is 4.79 Å². The van der Waals surface area contributed by atoms with E-state index in [0.717, 1.165) is 43.2 Å². The Morgan fingerprint density at radius 3 is 2.61 bits per heavy atom. The van der Waals surface area contributed by atoms with Crippen LogP contribution in [0.3, 0.4) is 0 Å². The molecule has 1 saturated heterocycles. The summed E-state index contributed by atoms with van der Waals surface area (Å²) in [5, 5.41) is 3.00. The number of hydrogen-bond acceptors (Lipinski definition) is 5. The van der Waals surface area contributed by atoms with Gasteiger partial charge in [0.25, 0.3) is 0 Å². The first-order valence-corrected chi connectivity index (χ1v) is 10.5. The first-order valence-electron chi connectivity index (χ1n) is 10.5. The lowest BCUT2D eigenvalue weighted by molar-refractivity contribution is -0.120. The standard InChI is InChI=1S/C24H25FN4O2/c1-2-31-21-8-6-20(7-9-21)28-24(30)17-10-12-29(13-11-17)23-15-22(26-16-27-23)18-4-3-5-19(25)14-18/h3-9,14-17H,2,10-13H2,1H3,(H,28,30). The zero-order valence-corrected chi connectivity index (χ0v) is 17.4. The number of benzene rings is 2. The number of amides is 1. The lowest BCUT2D eigenvalue weighted by Crippen LogP contribution is -2.38. The highest BCUT2D eigenvalue weighted by Crippen LogP contribution is 2.26. The number of ether oxygens (including phenoxy) is 1. The van der Waals surface area contributed by atoms with Crippen LogP contribution in [-0.4, -0.2) is 35.6 Å². The molecule has 1 aliphatic heterocycles. The van der Waals surface area contributed by atoms with E-state index < -0.39 is 0 Å². The van der Waals surface area contributed by atoms with Gasteiger partial charge in [-0.1, -0.05) is 12.1 Å². The third-order valence-corrected chi connectivity index (χ3v) is 5.40. The molecule has 3 aromatic rings. The summed E-state index contributed by atoms with van der Waals surface area (Å²) in [6, 6.07) is 15.7. The topological polar surface area (TPSA) is 67.3 Å². The number of carbonyl (C=O) groups excluding carboxylic acids is 1. The van der Waals surface area contributed by atoms with E-state index in [4.69, 9.17) is 4.74 Å². The highest BCUT2D eigenvalue weighted by Gasteiger charge is 2.26. The number of nitrogens with one attached hydrogen (secondary N) is 1. The van der Waals surface area contributed by atoms with Crippen molar-refractivity contribution in [3.05, 3.63) is 66.7 Å². The van der Waals surface area contributed by atoms with Crippen molar-refractivity contribution in [3.63, 3.8) is 0 Å². The number of nitrogens with zero attached hydrogens (tertiary/aromatic N) is 3. The third-order valence-electron chi connectivity index (χ3n) is 5.40. The van der Waals surface area contributed by atoms with E-state index in [1.54, 1.807) is 6.07 Å². The van der Waals surface area contributed by atoms with Crippen molar-refractivity contribution in [2.45, 2.75) is 19.8 Å². The minimum atomic E-state index is -0.294. The predicted octanol–water partition coefficient (Wildman–Crippen LogP) is 4.54. The smallest absolute Gasteiger partial charge is 0.227 e. The molecule has 1 N–H and O–H groups in total. The van der Waals surface area contributed by atoms with E-state index >= 15 is 0 Å². The molecule has 1 aliphatic rings. The second-order valence-electron chi connectivity index (χ2n) is 7.48. The minimum Gasteiger partial charge on any atom is -0.494 e. The summed E-state index contributed by atoms with van der Waals surface area (Å²) in [5.41, 5.74) is 2.17. The van der Waals surface area contributed by atoms with Crippen LogP contribution in [0.4, 0.5) is 15.9 Å². The monoisotopic (exact) mass is 420 g/mol. The Balaban J connectivity index is 1.35. The molecule has 0 spiro atoms. The van der Waals surface area contributed by atoms with Gasteiger partial charge in [0, 0.05) is 36.3 Å². The molecule has 0 radical (unpaired) electrons. The van der Waals surface area contributed by atoms with E-state index in [-0.39, 0.29) is 17.6 Å². The Morgan fingerprint density at radius 1 is 1.13 bits per heavy atom. The lowest BCUT2D eigenvalue weighted by Gasteiger charge is -2.32. The summed E-state index contributed by atoms with van der Waals surface area (Å²) >= 11 is 0. The zero-order chi connectivity index (χ0) is 21.6. The Bertz CT molecular complexity index is 1030. The number of halogens is 1. The number of piperidine rings is 1. The van der Waals surface area contributed by atoms with Gasteiger partial charge in [0.15, 0.2) is 0 Å². The van der Waals surface area contributed by atoms with Gasteiger partial charge in [-0.25, -0.2) is 14.4 Å². The van der Waals surface area contributed by atoms with Crippen LogP contribution in [0.15, 0.2) is 60.9 Å². The highest BCUT2D eigenvalue weighted by molar-refractivity contribution is 5.92. The SMILES string of the molecule is CCOc1ccc(NC(=O)C2CCN(c3cc(-c4cccc(F)c4)ncn3)CC2)cc1. The van der Waals surface area contributed by atoms with Crippen LogP contribution in [0.1, 0.15) is 19.8 Å². The summed E-state index contributed by atoms with van der Waals surface area (Å²) in [4.78, 5) is 23.5. The van der Waals surface area contributed by atoms with Gasteiger partial charge in [-0.2, -0.15) is 0 Å². The van der Waals surface area contributed by atoms with Crippen LogP contribution >= 0.6 is 0 Å². The molecule has 160 valence electrons. The van der Waals surface area contributed by atoms with Crippen molar-refractivity contribution in [1.29, 1.82) is 0 Å².